The fourth-order valence-corrected chi connectivity index (χ4v) is 2.14. The summed E-state index contributed by atoms with van der Waals surface area (Å²) in [5.41, 5.74) is 6.09. The maximum absolute atomic E-state index is 13.7. The van der Waals surface area contributed by atoms with E-state index in [1.54, 1.807) is 0 Å². The van der Waals surface area contributed by atoms with Crippen molar-refractivity contribution in [3.05, 3.63) is 17.9 Å². The van der Waals surface area contributed by atoms with E-state index in [0.717, 1.165) is 26.1 Å². The number of hydrogen-bond acceptors (Lipinski definition) is 4. The Balaban J connectivity index is 2.02. The van der Waals surface area contributed by atoms with Crippen LogP contribution in [-0.4, -0.2) is 25.9 Å². The van der Waals surface area contributed by atoms with Crippen LogP contribution in [0.4, 0.5) is 10.1 Å². The number of nitrogen functional groups attached to an aromatic ring is 1. The van der Waals surface area contributed by atoms with Crippen LogP contribution in [0.25, 0.3) is 0 Å². The zero-order valence-corrected chi connectivity index (χ0v) is 12.0. The second-order valence-electron chi connectivity index (χ2n) is 5.35. The predicted molar refractivity (Wildman–Crippen MR) is 75.6 cm³/mol. The monoisotopic (exact) mass is 283 g/mol. The molecule has 0 amide bonds. The molecule has 20 heavy (non-hydrogen) atoms. The van der Waals surface area contributed by atoms with E-state index in [1.807, 2.05) is 13.8 Å². The average molecular weight is 283 g/mol. The molecular formula is C15H22FNO3. The van der Waals surface area contributed by atoms with E-state index in [-0.39, 0.29) is 11.9 Å². The lowest BCUT2D eigenvalue weighted by Crippen LogP contribution is -2.21. The zero-order chi connectivity index (χ0) is 14.5. The van der Waals surface area contributed by atoms with E-state index in [2.05, 4.69) is 0 Å². The molecule has 1 fully saturated rings. The molecule has 4 nitrogen and oxygen atoms in total. The molecule has 0 spiro atoms. The van der Waals surface area contributed by atoms with E-state index >= 15 is 0 Å². The number of rotatable bonds is 5. The van der Waals surface area contributed by atoms with Gasteiger partial charge in [-0.3, -0.25) is 0 Å². The lowest BCUT2D eigenvalue weighted by Gasteiger charge is -2.22. The second kappa shape index (κ2) is 6.79. The first-order valence-corrected chi connectivity index (χ1v) is 7.02. The molecule has 0 saturated carbocycles. The molecule has 0 aromatic heterocycles. The SMILES string of the molecule is CC(C)Oc1cc(OCC2CCOCC2)c(N)cc1F. The summed E-state index contributed by atoms with van der Waals surface area (Å²) in [6.07, 6.45) is 1.86. The summed E-state index contributed by atoms with van der Waals surface area (Å²) < 4.78 is 30.1. The highest BCUT2D eigenvalue weighted by Crippen LogP contribution is 2.31. The minimum absolute atomic E-state index is 0.100. The maximum Gasteiger partial charge on any atom is 0.167 e. The van der Waals surface area contributed by atoms with Crippen molar-refractivity contribution in [2.24, 2.45) is 5.92 Å². The summed E-state index contributed by atoms with van der Waals surface area (Å²) >= 11 is 0. The largest absolute Gasteiger partial charge is 0.491 e. The van der Waals surface area contributed by atoms with Crippen LogP contribution in [0.3, 0.4) is 0 Å². The van der Waals surface area contributed by atoms with Crippen LogP contribution < -0.4 is 15.2 Å². The molecule has 1 aromatic rings. The smallest absolute Gasteiger partial charge is 0.167 e. The molecular weight excluding hydrogens is 261 g/mol. The van der Waals surface area contributed by atoms with Crippen LogP contribution in [0, 0.1) is 11.7 Å². The lowest BCUT2D eigenvalue weighted by molar-refractivity contribution is 0.0498. The highest BCUT2D eigenvalue weighted by Gasteiger charge is 2.16. The van der Waals surface area contributed by atoms with Gasteiger partial charge in [0.2, 0.25) is 0 Å². The Bertz CT molecular complexity index is 445. The van der Waals surface area contributed by atoms with Gasteiger partial charge in [0.1, 0.15) is 5.75 Å². The van der Waals surface area contributed by atoms with Gasteiger partial charge in [-0.05, 0) is 32.6 Å². The third-order valence-electron chi connectivity index (χ3n) is 3.24. The predicted octanol–water partition coefficient (Wildman–Crippen LogP) is 3.00. The summed E-state index contributed by atoms with van der Waals surface area (Å²) in [4.78, 5) is 0. The lowest BCUT2D eigenvalue weighted by atomic mass is 10.0. The minimum Gasteiger partial charge on any atom is -0.491 e. The Kier molecular flexibility index (Phi) is 5.06. The summed E-state index contributed by atoms with van der Waals surface area (Å²) in [6.45, 7) is 5.81. The van der Waals surface area contributed by atoms with Crippen molar-refractivity contribution in [2.45, 2.75) is 32.8 Å². The van der Waals surface area contributed by atoms with Gasteiger partial charge in [0.25, 0.3) is 0 Å². The maximum atomic E-state index is 13.7. The highest BCUT2D eigenvalue weighted by molar-refractivity contribution is 5.56. The van der Waals surface area contributed by atoms with Crippen LogP contribution in [0.5, 0.6) is 11.5 Å². The fraction of sp³-hybridized carbons (Fsp3) is 0.600. The van der Waals surface area contributed by atoms with Crippen molar-refractivity contribution >= 4 is 5.69 Å². The number of hydrogen-bond donors (Lipinski definition) is 1. The number of anilines is 1. The number of benzene rings is 1. The summed E-state index contributed by atoms with van der Waals surface area (Å²) in [5, 5.41) is 0. The third kappa shape index (κ3) is 4.00. The van der Waals surface area contributed by atoms with Crippen LogP contribution in [0.2, 0.25) is 0 Å². The zero-order valence-electron chi connectivity index (χ0n) is 12.0. The molecule has 1 aliphatic heterocycles. The van der Waals surface area contributed by atoms with E-state index in [1.165, 1.54) is 12.1 Å². The molecule has 0 atom stereocenters. The van der Waals surface area contributed by atoms with Crippen LogP contribution in [-0.2, 0) is 4.74 Å². The van der Waals surface area contributed by atoms with Crippen LogP contribution in [0.15, 0.2) is 12.1 Å². The number of ether oxygens (including phenoxy) is 3. The molecule has 1 aromatic carbocycles. The Morgan fingerprint density at radius 2 is 2.00 bits per heavy atom. The van der Waals surface area contributed by atoms with Gasteiger partial charge in [0.05, 0.1) is 18.4 Å². The molecule has 0 aliphatic carbocycles. The van der Waals surface area contributed by atoms with Gasteiger partial charge in [-0.2, -0.15) is 0 Å². The van der Waals surface area contributed by atoms with Gasteiger partial charge in [-0.1, -0.05) is 0 Å². The summed E-state index contributed by atoms with van der Waals surface area (Å²) in [5.74, 6) is 0.655. The van der Waals surface area contributed by atoms with Gasteiger partial charge in [-0.15, -0.1) is 0 Å². The Labute approximate surface area is 119 Å². The standard InChI is InChI=1S/C15H22FNO3/c1-10(2)20-14-8-15(13(17)7-12(14)16)19-9-11-3-5-18-6-4-11/h7-8,10-11H,3-6,9,17H2,1-2H3. The van der Waals surface area contributed by atoms with E-state index < -0.39 is 5.82 Å². The highest BCUT2D eigenvalue weighted by atomic mass is 19.1. The van der Waals surface area contributed by atoms with Crippen molar-refractivity contribution in [1.82, 2.24) is 0 Å². The Morgan fingerprint density at radius 3 is 2.65 bits per heavy atom. The van der Waals surface area contributed by atoms with Crippen LogP contribution >= 0.6 is 0 Å². The van der Waals surface area contributed by atoms with Gasteiger partial charge in [0, 0.05) is 25.3 Å². The van der Waals surface area contributed by atoms with Crippen LogP contribution in [0.1, 0.15) is 26.7 Å². The first-order valence-electron chi connectivity index (χ1n) is 7.02. The summed E-state index contributed by atoms with van der Waals surface area (Å²) in [6, 6.07) is 2.78. The van der Waals surface area contributed by atoms with E-state index in [9.17, 15) is 4.39 Å². The normalized spacial score (nSPS) is 16.4. The molecule has 1 aliphatic rings. The molecule has 1 heterocycles. The molecule has 1 saturated heterocycles. The first kappa shape index (κ1) is 14.9. The van der Waals surface area contributed by atoms with E-state index in [4.69, 9.17) is 19.9 Å². The molecule has 2 N–H and O–H groups in total. The fourth-order valence-electron chi connectivity index (χ4n) is 2.14. The molecule has 5 heteroatoms. The van der Waals surface area contributed by atoms with Crippen molar-refractivity contribution in [3.63, 3.8) is 0 Å². The van der Waals surface area contributed by atoms with Crippen molar-refractivity contribution in [2.75, 3.05) is 25.6 Å². The molecule has 2 rings (SSSR count). The Hall–Kier alpha value is -1.49. The molecule has 0 radical (unpaired) electrons. The number of halogens is 1. The third-order valence-corrected chi connectivity index (χ3v) is 3.24. The molecule has 112 valence electrons. The molecule has 0 bridgehead atoms. The summed E-state index contributed by atoms with van der Waals surface area (Å²) in [7, 11) is 0. The van der Waals surface area contributed by atoms with E-state index in [0.29, 0.717) is 24.0 Å². The van der Waals surface area contributed by atoms with Gasteiger partial charge in [0.15, 0.2) is 11.6 Å². The van der Waals surface area contributed by atoms with Gasteiger partial charge < -0.3 is 19.9 Å². The van der Waals surface area contributed by atoms with Crippen molar-refractivity contribution in [3.8, 4) is 11.5 Å². The van der Waals surface area contributed by atoms with Crippen molar-refractivity contribution in [1.29, 1.82) is 0 Å². The van der Waals surface area contributed by atoms with Gasteiger partial charge in [-0.25, -0.2) is 4.39 Å². The number of nitrogens with two attached hydrogens (primary N) is 1. The minimum atomic E-state index is -0.463. The first-order chi connectivity index (χ1) is 9.56. The second-order valence-corrected chi connectivity index (χ2v) is 5.35. The quantitative estimate of drug-likeness (QED) is 0.844. The van der Waals surface area contributed by atoms with Crippen molar-refractivity contribution < 1.29 is 18.6 Å². The topological polar surface area (TPSA) is 53.7 Å². The van der Waals surface area contributed by atoms with Gasteiger partial charge >= 0.3 is 0 Å². The Morgan fingerprint density at radius 1 is 1.30 bits per heavy atom. The average Bonchev–Trinajstić information content (AvgIpc) is 2.41. The molecule has 0 unspecified atom stereocenters.